The largest absolute Gasteiger partial charge is 0.378 e. The maximum Gasteiger partial charge on any atom is 0.324 e. The maximum absolute atomic E-state index is 11.9. The molecule has 0 aromatic rings. The number of ether oxygens (including phenoxy) is 1. The maximum atomic E-state index is 11.9. The molecule has 5 heteroatoms. The third kappa shape index (κ3) is 3.43. The van der Waals surface area contributed by atoms with Crippen LogP contribution in [0.1, 0.15) is 32.1 Å². The lowest BCUT2D eigenvalue weighted by Crippen LogP contribution is -2.49. The molecule has 96 valence electrons. The number of rotatable bonds is 1. The van der Waals surface area contributed by atoms with Crippen LogP contribution >= 0.6 is 0 Å². The molecule has 2 rings (SSSR count). The van der Waals surface area contributed by atoms with E-state index in [2.05, 4.69) is 5.32 Å². The Morgan fingerprint density at radius 2 is 1.71 bits per heavy atom. The predicted octanol–water partition coefficient (Wildman–Crippen LogP) is 1.14. The van der Waals surface area contributed by atoms with E-state index in [1.165, 1.54) is 6.42 Å². The minimum atomic E-state index is -0.260. The molecule has 1 saturated carbocycles. The molecule has 0 unspecified atom stereocenters. The van der Waals surface area contributed by atoms with Gasteiger partial charge >= 0.3 is 6.03 Å². The summed E-state index contributed by atoms with van der Waals surface area (Å²) in [6.07, 6.45) is 5.25. The van der Waals surface area contributed by atoms with Gasteiger partial charge in [-0.2, -0.15) is 0 Å². The number of carbonyl (C=O) groups excluding carboxylic acids is 2. The van der Waals surface area contributed by atoms with Gasteiger partial charge < -0.3 is 9.64 Å². The summed E-state index contributed by atoms with van der Waals surface area (Å²) in [4.78, 5) is 25.3. The summed E-state index contributed by atoms with van der Waals surface area (Å²) >= 11 is 0. The van der Waals surface area contributed by atoms with Gasteiger partial charge in [-0.05, 0) is 12.8 Å². The third-order valence-electron chi connectivity index (χ3n) is 3.50. The summed E-state index contributed by atoms with van der Waals surface area (Å²) in [5.74, 6) is -0.0602. The van der Waals surface area contributed by atoms with Gasteiger partial charge in [-0.15, -0.1) is 0 Å². The number of hydrogen-bond donors (Lipinski definition) is 1. The molecule has 0 radical (unpaired) electrons. The molecule has 1 heterocycles. The fourth-order valence-electron chi connectivity index (χ4n) is 2.42. The highest BCUT2D eigenvalue weighted by atomic mass is 16.5. The van der Waals surface area contributed by atoms with Crippen molar-refractivity contribution in [2.75, 3.05) is 26.3 Å². The number of nitrogens with one attached hydrogen (secondary N) is 1. The zero-order chi connectivity index (χ0) is 12.1. The summed E-state index contributed by atoms with van der Waals surface area (Å²) < 4.78 is 5.16. The molecule has 2 aliphatic rings. The Morgan fingerprint density at radius 3 is 2.35 bits per heavy atom. The molecule has 0 spiro atoms. The topological polar surface area (TPSA) is 58.6 Å². The SMILES string of the molecule is O=C(NC(=O)N1CCOCC1)C1CCCCC1. The molecule has 1 aliphatic carbocycles. The van der Waals surface area contributed by atoms with E-state index in [4.69, 9.17) is 4.74 Å². The van der Waals surface area contributed by atoms with Crippen molar-refractivity contribution >= 4 is 11.9 Å². The summed E-state index contributed by atoms with van der Waals surface area (Å²) in [7, 11) is 0. The first-order valence-corrected chi connectivity index (χ1v) is 6.45. The Morgan fingerprint density at radius 1 is 1.06 bits per heavy atom. The van der Waals surface area contributed by atoms with Crippen LogP contribution in [0.3, 0.4) is 0 Å². The minimum absolute atomic E-state index is 0.0359. The van der Waals surface area contributed by atoms with Crippen molar-refractivity contribution in [2.24, 2.45) is 5.92 Å². The van der Waals surface area contributed by atoms with Gasteiger partial charge in [-0.3, -0.25) is 10.1 Å². The molecule has 0 atom stereocenters. The van der Waals surface area contributed by atoms with Crippen LogP contribution in [-0.4, -0.2) is 43.1 Å². The second kappa shape index (κ2) is 6.00. The van der Waals surface area contributed by atoms with Crippen LogP contribution < -0.4 is 5.32 Å². The molecule has 17 heavy (non-hydrogen) atoms. The lowest BCUT2D eigenvalue weighted by molar-refractivity contribution is -0.125. The van der Waals surface area contributed by atoms with Gasteiger partial charge in [0, 0.05) is 19.0 Å². The second-order valence-electron chi connectivity index (χ2n) is 4.73. The van der Waals surface area contributed by atoms with Crippen LogP contribution in [-0.2, 0) is 9.53 Å². The van der Waals surface area contributed by atoms with E-state index in [0.29, 0.717) is 26.3 Å². The Balaban J connectivity index is 1.78. The Hall–Kier alpha value is -1.10. The highest BCUT2D eigenvalue weighted by Gasteiger charge is 2.25. The number of urea groups is 1. The zero-order valence-corrected chi connectivity index (χ0v) is 10.1. The highest BCUT2D eigenvalue weighted by molar-refractivity contribution is 5.95. The zero-order valence-electron chi connectivity index (χ0n) is 10.1. The molecule has 0 bridgehead atoms. The predicted molar refractivity (Wildman–Crippen MR) is 62.5 cm³/mol. The summed E-state index contributed by atoms with van der Waals surface area (Å²) in [5.41, 5.74) is 0. The lowest BCUT2D eigenvalue weighted by atomic mass is 9.89. The smallest absolute Gasteiger partial charge is 0.324 e. The molecule has 2 fully saturated rings. The minimum Gasteiger partial charge on any atom is -0.378 e. The van der Waals surface area contributed by atoms with Crippen LogP contribution in [0.2, 0.25) is 0 Å². The van der Waals surface area contributed by atoms with E-state index in [1.807, 2.05) is 0 Å². The monoisotopic (exact) mass is 240 g/mol. The first-order valence-electron chi connectivity index (χ1n) is 6.45. The average Bonchev–Trinajstić information content (AvgIpc) is 2.40. The molecular weight excluding hydrogens is 220 g/mol. The Bertz CT molecular complexity index is 253. The lowest BCUT2D eigenvalue weighted by Gasteiger charge is -2.28. The van der Waals surface area contributed by atoms with Gasteiger partial charge in [-0.1, -0.05) is 19.3 Å². The van der Waals surface area contributed by atoms with Crippen molar-refractivity contribution in [2.45, 2.75) is 32.1 Å². The van der Waals surface area contributed by atoms with Gasteiger partial charge in [0.15, 0.2) is 0 Å². The molecule has 5 nitrogen and oxygen atoms in total. The molecule has 3 amide bonds. The van der Waals surface area contributed by atoms with Crippen molar-refractivity contribution in [1.82, 2.24) is 10.2 Å². The third-order valence-corrected chi connectivity index (χ3v) is 3.50. The Labute approximate surface area is 101 Å². The van der Waals surface area contributed by atoms with E-state index in [1.54, 1.807) is 4.90 Å². The van der Waals surface area contributed by atoms with Crippen molar-refractivity contribution in [3.8, 4) is 0 Å². The van der Waals surface area contributed by atoms with Crippen molar-refractivity contribution in [3.63, 3.8) is 0 Å². The quantitative estimate of drug-likeness (QED) is 0.747. The molecule has 0 aromatic heterocycles. The molecular formula is C12H20N2O3. The molecule has 0 aromatic carbocycles. The van der Waals surface area contributed by atoms with Gasteiger partial charge in [0.2, 0.25) is 5.91 Å². The van der Waals surface area contributed by atoms with Crippen LogP contribution in [0.5, 0.6) is 0 Å². The van der Waals surface area contributed by atoms with E-state index in [0.717, 1.165) is 25.7 Å². The number of carbonyl (C=O) groups is 2. The van der Waals surface area contributed by atoms with Crippen LogP contribution in [0, 0.1) is 5.92 Å². The van der Waals surface area contributed by atoms with Crippen molar-refractivity contribution < 1.29 is 14.3 Å². The summed E-state index contributed by atoms with van der Waals surface area (Å²) in [6.45, 7) is 2.27. The number of hydrogen-bond acceptors (Lipinski definition) is 3. The van der Waals surface area contributed by atoms with Gasteiger partial charge in [0.25, 0.3) is 0 Å². The molecule has 1 N–H and O–H groups in total. The summed E-state index contributed by atoms with van der Waals surface area (Å²) in [5, 5.41) is 2.51. The highest BCUT2D eigenvalue weighted by Crippen LogP contribution is 2.23. The number of nitrogens with zero attached hydrogens (tertiary/aromatic N) is 1. The van der Waals surface area contributed by atoms with E-state index in [-0.39, 0.29) is 17.9 Å². The van der Waals surface area contributed by atoms with Crippen LogP contribution in [0.15, 0.2) is 0 Å². The van der Waals surface area contributed by atoms with Crippen molar-refractivity contribution in [1.29, 1.82) is 0 Å². The van der Waals surface area contributed by atoms with Crippen LogP contribution in [0.4, 0.5) is 4.79 Å². The fraction of sp³-hybridized carbons (Fsp3) is 0.833. The standard InChI is InChI=1S/C12H20N2O3/c15-11(10-4-2-1-3-5-10)13-12(16)14-6-8-17-9-7-14/h10H,1-9H2,(H,13,15,16). The fourth-order valence-corrected chi connectivity index (χ4v) is 2.42. The first kappa shape index (κ1) is 12.4. The van der Waals surface area contributed by atoms with E-state index >= 15 is 0 Å². The number of morpholine rings is 1. The molecule has 1 aliphatic heterocycles. The second-order valence-corrected chi connectivity index (χ2v) is 4.73. The van der Waals surface area contributed by atoms with E-state index in [9.17, 15) is 9.59 Å². The van der Waals surface area contributed by atoms with Gasteiger partial charge in [0.1, 0.15) is 0 Å². The summed E-state index contributed by atoms with van der Waals surface area (Å²) in [6, 6.07) is -0.260. The van der Waals surface area contributed by atoms with E-state index < -0.39 is 0 Å². The number of imide groups is 1. The first-order chi connectivity index (χ1) is 8.27. The van der Waals surface area contributed by atoms with Crippen molar-refractivity contribution in [3.05, 3.63) is 0 Å². The average molecular weight is 240 g/mol. The number of amides is 3. The normalized spacial score (nSPS) is 22.2. The van der Waals surface area contributed by atoms with Gasteiger partial charge in [0.05, 0.1) is 13.2 Å². The molecule has 1 saturated heterocycles. The van der Waals surface area contributed by atoms with Gasteiger partial charge in [-0.25, -0.2) is 4.79 Å². The Kier molecular flexibility index (Phi) is 4.36. The van der Waals surface area contributed by atoms with Crippen LogP contribution in [0.25, 0.3) is 0 Å².